The summed E-state index contributed by atoms with van der Waals surface area (Å²) in [6.45, 7) is 6.95. The number of rotatable bonds is 5. The Hall–Kier alpha value is -0.930. The molecule has 3 heteroatoms. The maximum Gasteiger partial charge on any atom is 0.0419 e. The molecule has 2 heterocycles. The number of nitrogens with two attached hydrogens (primary N) is 1. The maximum absolute atomic E-state index is 6.49. The highest BCUT2D eigenvalue weighted by Gasteiger charge is 2.37. The van der Waals surface area contributed by atoms with E-state index in [1.54, 1.807) is 0 Å². The van der Waals surface area contributed by atoms with Gasteiger partial charge in [0, 0.05) is 29.9 Å². The van der Waals surface area contributed by atoms with Crippen molar-refractivity contribution in [1.29, 1.82) is 0 Å². The van der Waals surface area contributed by atoms with Crippen LogP contribution in [0.4, 0.5) is 0 Å². The Balaban J connectivity index is 2.07. The van der Waals surface area contributed by atoms with E-state index in [1.165, 1.54) is 25.9 Å². The molecule has 0 amide bonds. The van der Waals surface area contributed by atoms with Crippen molar-refractivity contribution < 1.29 is 0 Å². The molecule has 0 aromatic carbocycles. The Kier molecular flexibility index (Phi) is 4.36. The average Bonchev–Trinajstić information content (AvgIpc) is 2.93. The van der Waals surface area contributed by atoms with E-state index in [0.29, 0.717) is 0 Å². The van der Waals surface area contributed by atoms with Crippen LogP contribution in [-0.2, 0) is 6.42 Å². The molecule has 2 unspecified atom stereocenters. The van der Waals surface area contributed by atoms with Crippen LogP contribution in [0.5, 0.6) is 0 Å². The highest BCUT2D eigenvalue weighted by atomic mass is 15.2. The minimum atomic E-state index is 0.105. The average molecular weight is 247 g/mol. The molecular formula is C15H25N3. The van der Waals surface area contributed by atoms with Crippen LogP contribution in [0.15, 0.2) is 24.4 Å². The summed E-state index contributed by atoms with van der Waals surface area (Å²) in [7, 11) is 0. The van der Waals surface area contributed by atoms with Crippen LogP contribution in [0.3, 0.4) is 0 Å². The summed E-state index contributed by atoms with van der Waals surface area (Å²) in [5.74, 6) is 0. The van der Waals surface area contributed by atoms with Crippen molar-refractivity contribution in [2.45, 2.75) is 51.1 Å². The molecule has 0 bridgehead atoms. The summed E-state index contributed by atoms with van der Waals surface area (Å²) < 4.78 is 0. The van der Waals surface area contributed by atoms with Crippen LogP contribution in [0.1, 0.15) is 38.8 Å². The van der Waals surface area contributed by atoms with E-state index < -0.39 is 0 Å². The van der Waals surface area contributed by atoms with E-state index in [4.69, 9.17) is 5.73 Å². The van der Waals surface area contributed by atoms with Crippen molar-refractivity contribution in [2.24, 2.45) is 5.73 Å². The lowest BCUT2D eigenvalue weighted by Gasteiger charge is -2.43. The number of nitrogens with zero attached hydrogens (tertiary/aromatic N) is 2. The Morgan fingerprint density at radius 1 is 1.39 bits per heavy atom. The molecule has 2 atom stereocenters. The van der Waals surface area contributed by atoms with Gasteiger partial charge in [-0.05, 0) is 51.4 Å². The fraction of sp³-hybridized carbons (Fsp3) is 0.667. The quantitative estimate of drug-likeness (QED) is 0.867. The van der Waals surface area contributed by atoms with Crippen LogP contribution < -0.4 is 5.73 Å². The fourth-order valence-corrected chi connectivity index (χ4v) is 2.91. The number of hydrogen-bond donors (Lipinski definition) is 1. The summed E-state index contributed by atoms with van der Waals surface area (Å²) in [4.78, 5) is 6.96. The SMILES string of the molecule is CCC(C)(C(N)Cc1ccccn1)N1CCCC1. The van der Waals surface area contributed by atoms with Crippen LogP contribution in [-0.4, -0.2) is 34.6 Å². The number of pyridine rings is 1. The molecule has 1 aromatic rings. The van der Waals surface area contributed by atoms with Gasteiger partial charge in [-0.25, -0.2) is 0 Å². The van der Waals surface area contributed by atoms with E-state index >= 15 is 0 Å². The third-order valence-corrected chi connectivity index (χ3v) is 4.50. The lowest BCUT2D eigenvalue weighted by molar-refractivity contribution is 0.0995. The van der Waals surface area contributed by atoms with Gasteiger partial charge in [-0.1, -0.05) is 13.0 Å². The van der Waals surface area contributed by atoms with Gasteiger partial charge in [0.1, 0.15) is 0 Å². The van der Waals surface area contributed by atoms with Gasteiger partial charge in [-0.15, -0.1) is 0 Å². The van der Waals surface area contributed by atoms with Crippen molar-refractivity contribution in [2.75, 3.05) is 13.1 Å². The number of likely N-dealkylation sites (tertiary alicyclic amines) is 1. The first-order valence-electron chi connectivity index (χ1n) is 7.07. The van der Waals surface area contributed by atoms with Crippen molar-refractivity contribution in [3.05, 3.63) is 30.1 Å². The van der Waals surface area contributed by atoms with Crippen molar-refractivity contribution in [3.8, 4) is 0 Å². The molecule has 1 aliphatic rings. The van der Waals surface area contributed by atoms with E-state index in [0.717, 1.165) is 18.5 Å². The fourth-order valence-electron chi connectivity index (χ4n) is 2.91. The monoisotopic (exact) mass is 247 g/mol. The summed E-state index contributed by atoms with van der Waals surface area (Å²) >= 11 is 0. The number of aromatic nitrogens is 1. The molecule has 0 aliphatic carbocycles. The smallest absolute Gasteiger partial charge is 0.0419 e. The van der Waals surface area contributed by atoms with E-state index in [1.807, 2.05) is 18.3 Å². The van der Waals surface area contributed by atoms with Gasteiger partial charge >= 0.3 is 0 Å². The summed E-state index contributed by atoms with van der Waals surface area (Å²) in [6, 6.07) is 6.21. The van der Waals surface area contributed by atoms with Crippen LogP contribution in [0, 0.1) is 0 Å². The van der Waals surface area contributed by atoms with Crippen molar-refractivity contribution >= 4 is 0 Å². The third-order valence-electron chi connectivity index (χ3n) is 4.50. The second-order valence-electron chi connectivity index (χ2n) is 5.54. The summed E-state index contributed by atoms with van der Waals surface area (Å²) in [5, 5.41) is 0. The molecule has 0 radical (unpaired) electrons. The Morgan fingerprint density at radius 2 is 2.11 bits per heavy atom. The number of hydrogen-bond acceptors (Lipinski definition) is 3. The maximum atomic E-state index is 6.49. The van der Waals surface area contributed by atoms with Gasteiger partial charge in [0.05, 0.1) is 0 Å². The van der Waals surface area contributed by atoms with Crippen molar-refractivity contribution in [1.82, 2.24) is 9.88 Å². The second-order valence-corrected chi connectivity index (χ2v) is 5.54. The molecule has 2 N–H and O–H groups in total. The standard InChI is InChI=1S/C15H25N3/c1-3-15(2,18-10-6-7-11-18)14(16)12-13-8-4-5-9-17-13/h4-5,8-9,14H,3,6-7,10-12,16H2,1-2H3. The molecule has 1 aliphatic heterocycles. The van der Waals surface area contributed by atoms with Gasteiger partial charge in [-0.3, -0.25) is 9.88 Å². The zero-order chi connectivity index (χ0) is 13.0. The highest BCUT2D eigenvalue weighted by molar-refractivity contribution is 5.08. The van der Waals surface area contributed by atoms with Gasteiger partial charge in [0.2, 0.25) is 0 Å². The molecule has 18 heavy (non-hydrogen) atoms. The molecule has 3 nitrogen and oxygen atoms in total. The minimum Gasteiger partial charge on any atom is -0.326 e. The zero-order valence-corrected chi connectivity index (χ0v) is 11.6. The highest BCUT2D eigenvalue weighted by Crippen LogP contribution is 2.28. The molecule has 1 saturated heterocycles. The van der Waals surface area contributed by atoms with Crippen molar-refractivity contribution in [3.63, 3.8) is 0 Å². The van der Waals surface area contributed by atoms with E-state index in [9.17, 15) is 0 Å². The van der Waals surface area contributed by atoms with Gasteiger partial charge in [0.25, 0.3) is 0 Å². The lowest BCUT2D eigenvalue weighted by atomic mass is 9.85. The molecule has 2 rings (SSSR count). The summed E-state index contributed by atoms with van der Waals surface area (Å²) in [6.07, 6.45) is 6.43. The van der Waals surface area contributed by atoms with E-state index in [2.05, 4.69) is 29.8 Å². The first kappa shape index (κ1) is 13.5. The molecule has 1 aromatic heterocycles. The lowest BCUT2D eigenvalue weighted by Crippen LogP contribution is -2.57. The molecular weight excluding hydrogens is 222 g/mol. The van der Waals surface area contributed by atoms with Gasteiger partial charge < -0.3 is 5.73 Å². The Bertz CT molecular complexity index is 359. The predicted molar refractivity (Wildman–Crippen MR) is 75.4 cm³/mol. The van der Waals surface area contributed by atoms with Crippen LogP contribution in [0.25, 0.3) is 0 Å². The van der Waals surface area contributed by atoms with Gasteiger partial charge in [-0.2, -0.15) is 0 Å². The van der Waals surface area contributed by atoms with Crippen LogP contribution in [0.2, 0.25) is 0 Å². The second kappa shape index (κ2) is 5.81. The largest absolute Gasteiger partial charge is 0.326 e. The minimum absolute atomic E-state index is 0.105. The Morgan fingerprint density at radius 3 is 2.67 bits per heavy atom. The molecule has 0 spiro atoms. The molecule has 100 valence electrons. The topological polar surface area (TPSA) is 42.1 Å². The zero-order valence-electron chi connectivity index (χ0n) is 11.6. The van der Waals surface area contributed by atoms with Gasteiger partial charge in [0.15, 0.2) is 0 Å². The third kappa shape index (κ3) is 2.73. The Labute approximate surface area is 110 Å². The predicted octanol–water partition coefficient (Wildman–Crippen LogP) is 2.22. The summed E-state index contributed by atoms with van der Waals surface area (Å²) in [5.41, 5.74) is 7.70. The molecule has 0 saturated carbocycles. The van der Waals surface area contributed by atoms with Crippen LogP contribution >= 0.6 is 0 Å². The molecule has 1 fully saturated rings. The normalized spacial score (nSPS) is 21.7. The first-order chi connectivity index (χ1) is 8.66. The van der Waals surface area contributed by atoms with E-state index in [-0.39, 0.29) is 11.6 Å². The first-order valence-corrected chi connectivity index (χ1v) is 7.07.